The number of nitrogens with one attached hydrogen (secondary N) is 1. The first-order valence-corrected chi connectivity index (χ1v) is 12.7. The highest BCUT2D eigenvalue weighted by Gasteiger charge is 2.30. The van der Waals surface area contributed by atoms with Crippen LogP contribution in [0.15, 0.2) is 34.1 Å². The van der Waals surface area contributed by atoms with Gasteiger partial charge in [-0.3, -0.25) is 9.86 Å². The number of nitrogens with two attached hydrogens (primary N) is 1. The number of alkyl halides is 2. The number of hydrogen-bond acceptors (Lipinski definition) is 4. The third-order valence-corrected chi connectivity index (χ3v) is 7.79. The van der Waals surface area contributed by atoms with E-state index in [9.17, 15) is 8.78 Å². The number of benzene rings is 1. The smallest absolute Gasteiger partial charge is 0.271 e. The monoisotopic (exact) mass is 467 g/mol. The Morgan fingerprint density at radius 1 is 1.06 bits per heavy atom. The van der Waals surface area contributed by atoms with E-state index in [2.05, 4.69) is 22.3 Å². The minimum atomic E-state index is -2.93. The van der Waals surface area contributed by atoms with Crippen molar-refractivity contribution in [2.75, 3.05) is 0 Å². The van der Waals surface area contributed by atoms with E-state index >= 15 is 0 Å². The van der Waals surface area contributed by atoms with Gasteiger partial charge in [0.2, 0.25) is 0 Å². The highest BCUT2D eigenvalue weighted by molar-refractivity contribution is 7.97. The molecule has 1 aromatic carbocycles. The molecule has 1 aliphatic carbocycles. The van der Waals surface area contributed by atoms with E-state index in [0.29, 0.717) is 10.8 Å². The molecule has 0 radical (unpaired) electrons. The molecule has 1 aromatic heterocycles. The SMILES string of the molecule is Cc1c(SN)cc(-c2ccc(SNC(C)(C)C)c(C(C)(F)F)c2)n1CC1CCCCC1. The third kappa shape index (κ3) is 6.28. The van der Waals surface area contributed by atoms with Gasteiger partial charge in [-0.2, -0.15) is 0 Å². The molecule has 1 heterocycles. The molecule has 0 spiro atoms. The Labute approximate surface area is 194 Å². The summed E-state index contributed by atoms with van der Waals surface area (Å²) in [5, 5.41) is 5.92. The molecule has 1 fully saturated rings. The van der Waals surface area contributed by atoms with Gasteiger partial charge in [-0.05, 0) is 94.1 Å². The molecule has 7 heteroatoms. The van der Waals surface area contributed by atoms with E-state index < -0.39 is 5.92 Å². The molecule has 0 saturated heterocycles. The van der Waals surface area contributed by atoms with Crippen LogP contribution in [0.1, 0.15) is 71.1 Å². The van der Waals surface area contributed by atoms with Crippen molar-refractivity contribution in [3.63, 3.8) is 0 Å². The van der Waals surface area contributed by atoms with Gasteiger partial charge >= 0.3 is 0 Å². The summed E-state index contributed by atoms with van der Waals surface area (Å²) >= 11 is 2.50. The average Bonchev–Trinajstić information content (AvgIpc) is 3.01. The van der Waals surface area contributed by atoms with Crippen LogP contribution in [0.3, 0.4) is 0 Å². The predicted molar refractivity (Wildman–Crippen MR) is 130 cm³/mol. The molecule has 1 aliphatic rings. The third-order valence-electron chi connectivity index (χ3n) is 5.83. The van der Waals surface area contributed by atoms with E-state index in [1.165, 1.54) is 56.0 Å². The van der Waals surface area contributed by atoms with Gasteiger partial charge in [-0.15, -0.1) is 0 Å². The minimum Gasteiger partial charge on any atom is -0.343 e. The van der Waals surface area contributed by atoms with Gasteiger partial charge in [0, 0.05) is 45.7 Å². The number of hydrogen-bond donors (Lipinski definition) is 2. The maximum Gasteiger partial charge on any atom is 0.271 e. The Morgan fingerprint density at radius 2 is 1.74 bits per heavy atom. The zero-order valence-electron chi connectivity index (χ0n) is 19.2. The van der Waals surface area contributed by atoms with Crippen molar-refractivity contribution in [1.82, 2.24) is 9.29 Å². The predicted octanol–water partition coefficient (Wildman–Crippen LogP) is 7.52. The van der Waals surface area contributed by atoms with Crippen molar-refractivity contribution in [2.45, 2.75) is 94.5 Å². The second kappa shape index (κ2) is 9.86. The van der Waals surface area contributed by atoms with E-state index in [1.54, 1.807) is 6.07 Å². The van der Waals surface area contributed by atoms with Crippen molar-refractivity contribution in [2.24, 2.45) is 11.1 Å². The van der Waals surface area contributed by atoms with Crippen molar-refractivity contribution in [3.8, 4) is 11.3 Å². The first-order chi connectivity index (χ1) is 14.5. The first-order valence-electron chi connectivity index (χ1n) is 11.0. The Hall–Kier alpha value is -1.02. The fraction of sp³-hybridized carbons (Fsp3) is 0.583. The fourth-order valence-corrected chi connectivity index (χ4v) is 5.53. The maximum absolute atomic E-state index is 14.6. The molecule has 1 saturated carbocycles. The summed E-state index contributed by atoms with van der Waals surface area (Å²) in [5.41, 5.74) is 2.78. The summed E-state index contributed by atoms with van der Waals surface area (Å²) in [7, 11) is 0. The second-order valence-electron chi connectivity index (χ2n) is 9.77. The van der Waals surface area contributed by atoms with Gasteiger partial charge in [0.15, 0.2) is 0 Å². The summed E-state index contributed by atoms with van der Waals surface area (Å²) in [6.07, 6.45) is 6.33. The molecule has 31 heavy (non-hydrogen) atoms. The lowest BCUT2D eigenvalue weighted by Crippen LogP contribution is -2.30. The van der Waals surface area contributed by atoms with E-state index in [1.807, 2.05) is 32.9 Å². The number of nitrogens with zero attached hydrogens (tertiary/aromatic N) is 1. The molecule has 3 rings (SSSR count). The van der Waals surface area contributed by atoms with Crippen molar-refractivity contribution < 1.29 is 8.78 Å². The molecule has 0 atom stereocenters. The van der Waals surface area contributed by atoms with Crippen LogP contribution in [0.25, 0.3) is 11.3 Å². The minimum absolute atomic E-state index is 0.0526. The molecule has 2 aromatic rings. The Morgan fingerprint density at radius 3 is 2.32 bits per heavy atom. The van der Waals surface area contributed by atoms with Gasteiger partial charge in [0.1, 0.15) is 0 Å². The molecule has 0 unspecified atom stereocenters. The molecule has 3 N–H and O–H groups in total. The Kier molecular flexibility index (Phi) is 7.83. The van der Waals surface area contributed by atoms with Crippen LogP contribution in [-0.2, 0) is 12.5 Å². The van der Waals surface area contributed by atoms with Gasteiger partial charge in [0.25, 0.3) is 5.92 Å². The van der Waals surface area contributed by atoms with Crippen molar-refractivity contribution >= 4 is 23.9 Å². The van der Waals surface area contributed by atoms with Gasteiger partial charge in [-0.1, -0.05) is 25.3 Å². The molecule has 0 amide bonds. The second-order valence-corrected chi connectivity index (χ2v) is 11.3. The molecular formula is C24H35F2N3S2. The lowest BCUT2D eigenvalue weighted by molar-refractivity contribution is 0.0147. The number of halogens is 2. The summed E-state index contributed by atoms with van der Waals surface area (Å²) in [5.74, 6) is -2.30. The van der Waals surface area contributed by atoms with Gasteiger partial charge in [0.05, 0.1) is 0 Å². The highest BCUT2D eigenvalue weighted by Crippen LogP contribution is 2.40. The van der Waals surface area contributed by atoms with Crippen molar-refractivity contribution in [1.29, 1.82) is 0 Å². The van der Waals surface area contributed by atoms with Crippen molar-refractivity contribution in [3.05, 3.63) is 35.5 Å². The summed E-state index contributed by atoms with van der Waals surface area (Å²) in [6.45, 7) is 10.0. The molecule has 3 nitrogen and oxygen atoms in total. The van der Waals surface area contributed by atoms with E-state index in [-0.39, 0.29) is 11.1 Å². The molecule has 172 valence electrons. The van der Waals surface area contributed by atoms with Gasteiger partial charge in [-0.25, -0.2) is 8.78 Å². The van der Waals surface area contributed by atoms with E-state index in [4.69, 9.17) is 5.14 Å². The van der Waals surface area contributed by atoms with Crippen LogP contribution in [0.4, 0.5) is 8.78 Å². The molecule has 0 aliphatic heterocycles. The van der Waals surface area contributed by atoms with Crippen LogP contribution in [-0.4, -0.2) is 10.1 Å². The maximum atomic E-state index is 14.6. The van der Waals surface area contributed by atoms with E-state index in [0.717, 1.165) is 35.3 Å². The fourth-order valence-electron chi connectivity index (χ4n) is 4.17. The van der Waals surface area contributed by atoms with Crippen LogP contribution >= 0.6 is 23.9 Å². The first kappa shape index (κ1) is 24.6. The van der Waals surface area contributed by atoms with Crippen LogP contribution < -0.4 is 9.86 Å². The number of rotatable bonds is 7. The van der Waals surface area contributed by atoms with Crippen LogP contribution in [0.2, 0.25) is 0 Å². The lowest BCUT2D eigenvalue weighted by Gasteiger charge is -2.25. The average molecular weight is 468 g/mol. The topological polar surface area (TPSA) is 43.0 Å². The van der Waals surface area contributed by atoms with Crippen LogP contribution in [0, 0.1) is 12.8 Å². The zero-order chi connectivity index (χ0) is 22.8. The van der Waals surface area contributed by atoms with Crippen LogP contribution in [0.5, 0.6) is 0 Å². The molecule has 0 bridgehead atoms. The number of aromatic nitrogens is 1. The summed E-state index contributed by atoms with van der Waals surface area (Å²) in [4.78, 5) is 1.56. The summed E-state index contributed by atoms with van der Waals surface area (Å²) < 4.78 is 34.7. The summed E-state index contributed by atoms with van der Waals surface area (Å²) in [6, 6.07) is 7.48. The lowest BCUT2D eigenvalue weighted by atomic mass is 9.89. The van der Waals surface area contributed by atoms with Gasteiger partial charge < -0.3 is 4.57 Å². The normalized spacial score (nSPS) is 16.1. The quantitative estimate of drug-likeness (QED) is 0.413. The molecular weight excluding hydrogens is 432 g/mol. The highest BCUT2D eigenvalue weighted by atomic mass is 32.2. The zero-order valence-corrected chi connectivity index (χ0v) is 20.9. The largest absolute Gasteiger partial charge is 0.343 e. The Balaban J connectivity index is 2.01. The Bertz CT molecular complexity index is 891. The standard InChI is InChI=1S/C24H35F2N3S2/c1-16-22(30-27)14-20(29(16)15-17-9-7-6-8-10-17)18-11-12-21(31-28-23(2,3)4)19(13-18)24(5,25)26/h11-14,17,28H,6-10,15,27H2,1-5H3.